The fourth-order valence-electron chi connectivity index (χ4n) is 2.53. The second-order valence-corrected chi connectivity index (χ2v) is 4.05. The molecule has 2 atom stereocenters. The first kappa shape index (κ1) is 9.21. The van der Waals surface area contributed by atoms with Crippen molar-refractivity contribution in [2.24, 2.45) is 0 Å². The number of hydrogen-bond acceptors (Lipinski definition) is 3. The predicted molar refractivity (Wildman–Crippen MR) is 56.1 cm³/mol. The molecule has 3 aliphatic carbocycles. The summed E-state index contributed by atoms with van der Waals surface area (Å²) in [5.74, 6) is -2.05. The molecule has 4 rings (SSSR count). The minimum Gasteiger partial charge on any atom is -0.298 e. The van der Waals surface area contributed by atoms with Crippen LogP contribution in [-0.2, 0) is 14.4 Å². The smallest absolute Gasteiger partial charge is 0.211 e. The number of hydrogen-bond donors (Lipinski definition) is 0. The zero-order valence-corrected chi connectivity index (χ0v) is 8.34. The molecule has 0 aromatic heterocycles. The van der Waals surface area contributed by atoms with Crippen LogP contribution in [0.1, 0.15) is 23.0 Å². The van der Waals surface area contributed by atoms with Crippen LogP contribution < -0.4 is 0 Å². The molecule has 0 spiro atoms. The molecule has 78 valence electrons. The third kappa shape index (κ3) is 0.949. The molecule has 3 heteroatoms. The fraction of sp³-hybridized carbons (Fsp3) is 0.154. The summed E-state index contributed by atoms with van der Waals surface area (Å²) in [7, 11) is 0. The maximum absolute atomic E-state index is 11.8. The Balaban J connectivity index is 2.32. The molecule has 3 aliphatic rings. The summed E-state index contributed by atoms with van der Waals surface area (Å²) in [6.07, 6.45) is 2.29. The number of rotatable bonds is 1. The van der Waals surface area contributed by atoms with Crippen molar-refractivity contribution in [3.63, 3.8) is 0 Å². The Morgan fingerprint density at radius 3 is 2.38 bits per heavy atom. The van der Waals surface area contributed by atoms with Crippen molar-refractivity contribution >= 4 is 17.9 Å². The van der Waals surface area contributed by atoms with E-state index in [-0.39, 0.29) is 0 Å². The van der Waals surface area contributed by atoms with E-state index < -0.39 is 23.4 Å². The van der Waals surface area contributed by atoms with Crippen LogP contribution in [0.5, 0.6) is 0 Å². The highest BCUT2D eigenvalue weighted by molar-refractivity contribution is 6.45. The van der Waals surface area contributed by atoms with Crippen LogP contribution in [-0.4, -0.2) is 17.9 Å². The molecule has 1 aromatic rings. The SMILES string of the molecule is O=CC1=CC2C(=O)C(=O)C1c1ccccc12. The van der Waals surface area contributed by atoms with Crippen LogP contribution in [0.25, 0.3) is 0 Å². The van der Waals surface area contributed by atoms with E-state index in [1.165, 1.54) is 0 Å². The molecule has 1 aromatic carbocycles. The summed E-state index contributed by atoms with van der Waals surface area (Å²) in [4.78, 5) is 34.4. The number of Topliss-reactive ketones (excluding diaryl/α,β-unsaturated/α-hetero) is 2. The lowest BCUT2D eigenvalue weighted by Gasteiger charge is -2.33. The van der Waals surface area contributed by atoms with Gasteiger partial charge in [-0.25, -0.2) is 0 Å². The number of carbonyl (C=O) groups excluding carboxylic acids is 3. The average Bonchev–Trinajstić information content (AvgIpc) is 2.34. The third-order valence-electron chi connectivity index (χ3n) is 3.26. The van der Waals surface area contributed by atoms with Crippen LogP contribution in [0.4, 0.5) is 0 Å². The van der Waals surface area contributed by atoms with Crippen LogP contribution in [0.15, 0.2) is 35.9 Å². The number of aldehydes is 1. The van der Waals surface area contributed by atoms with Crippen molar-refractivity contribution in [1.29, 1.82) is 0 Å². The van der Waals surface area contributed by atoms with Gasteiger partial charge in [-0.2, -0.15) is 0 Å². The van der Waals surface area contributed by atoms with Gasteiger partial charge >= 0.3 is 0 Å². The maximum Gasteiger partial charge on any atom is 0.211 e. The molecule has 16 heavy (non-hydrogen) atoms. The van der Waals surface area contributed by atoms with Gasteiger partial charge in [0.2, 0.25) is 11.6 Å². The van der Waals surface area contributed by atoms with Crippen LogP contribution >= 0.6 is 0 Å². The zero-order chi connectivity index (χ0) is 11.3. The summed E-state index contributed by atoms with van der Waals surface area (Å²) >= 11 is 0. The van der Waals surface area contributed by atoms with Gasteiger partial charge in [0, 0.05) is 5.57 Å². The van der Waals surface area contributed by atoms with E-state index in [0.29, 0.717) is 11.9 Å². The van der Waals surface area contributed by atoms with Crippen molar-refractivity contribution in [3.8, 4) is 0 Å². The van der Waals surface area contributed by atoms with E-state index >= 15 is 0 Å². The summed E-state index contributed by atoms with van der Waals surface area (Å²) in [6.45, 7) is 0. The molecule has 2 unspecified atom stereocenters. The summed E-state index contributed by atoms with van der Waals surface area (Å²) < 4.78 is 0. The Bertz CT molecular complexity index is 554. The van der Waals surface area contributed by atoms with Gasteiger partial charge in [0.1, 0.15) is 6.29 Å². The topological polar surface area (TPSA) is 51.2 Å². The van der Waals surface area contributed by atoms with Crippen LogP contribution in [0.2, 0.25) is 0 Å². The van der Waals surface area contributed by atoms with Gasteiger partial charge in [0.25, 0.3) is 0 Å². The summed E-state index contributed by atoms with van der Waals surface area (Å²) in [5, 5.41) is 0. The third-order valence-corrected chi connectivity index (χ3v) is 3.26. The number of fused-ring (bicyclic) bond motifs is 1. The fourth-order valence-corrected chi connectivity index (χ4v) is 2.53. The Morgan fingerprint density at radius 2 is 1.69 bits per heavy atom. The number of carbonyl (C=O) groups is 3. The summed E-state index contributed by atoms with van der Waals surface area (Å²) in [6, 6.07) is 7.31. The van der Waals surface area contributed by atoms with Crippen molar-refractivity contribution in [2.45, 2.75) is 11.8 Å². The predicted octanol–water partition coefficient (Wildman–Crippen LogP) is 1.14. The second-order valence-electron chi connectivity index (χ2n) is 4.05. The lowest BCUT2D eigenvalue weighted by molar-refractivity contribution is -0.138. The highest BCUT2D eigenvalue weighted by Crippen LogP contribution is 2.44. The first-order valence-corrected chi connectivity index (χ1v) is 5.08. The quantitative estimate of drug-likeness (QED) is 0.518. The number of ketones is 2. The molecule has 0 heterocycles. The van der Waals surface area contributed by atoms with Crippen molar-refractivity contribution in [1.82, 2.24) is 0 Å². The molecule has 2 bridgehead atoms. The molecule has 0 aliphatic heterocycles. The zero-order valence-electron chi connectivity index (χ0n) is 8.34. The van der Waals surface area contributed by atoms with Crippen LogP contribution in [0, 0.1) is 0 Å². The van der Waals surface area contributed by atoms with Crippen LogP contribution in [0.3, 0.4) is 0 Å². The molecule has 3 nitrogen and oxygen atoms in total. The Hall–Kier alpha value is -2.03. The van der Waals surface area contributed by atoms with Crippen molar-refractivity contribution in [3.05, 3.63) is 47.0 Å². The largest absolute Gasteiger partial charge is 0.298 e. The summed E-state index contributed by atoms with van der Waals surface area (Å²) in [5.41, 5.74) is 2.10. The van der Waals surface area contributed by atoms with Gasteiger partial charge in [-0.3, -0.25) is 14.4 Å². The maximum atomic E-state index is 11.8. The van der Waals surface area contributed by atoms with Gasteiger partial charge in [-0.1, -0.05) is 30.3 Å². The van der Waals surface area contributed by atoms with Crippen molar-refractivity contribution in [2.75, 3.05) is 0 Å². The lowest BCUT2D eigenvalue weighted by atomic mass is 9.66. The molecule has 0 fully saturated rings. The molecule has 0 radical (unpaired) electrons. The minimum absolute atomic E-state index is 0.394. The first-order valence-electron chi connectivity index (χ1n) is 5.08. The van der Waals surface area contributed by atoms with E-state index in [2.05, 4.69) is 0 Å². The molecule has 0 N–H and O–H groups in total. The Kier molecular flexibility index (Phi) is 1.72. The second kappa shape index (κ2) is 2.98. The molecular formula is C13H8O3. The molecule has 0 amide bonds. The van der Waals surface area contributed by atoms with E-state index in [1.807, 2.05) is 24.3 Å². The molecular weight excluding hydrogens is 204 g/mol. The number of benzene rings is 1. The average molecular weight is 212 g/mol. The van der Waals surface area contributed by atoms with Gasteiger partial charge in [-0.15, -0.1) is 0 Å². The van der Waals surface area contributed by atoms with Gasteiger partial charge in [0.15, 0.2) is 0 Å². The number of allylic oxidation sites excluding steroid dienone is 2. The Labute approximate surface area is 91.8 Å². The highest BCUT2D eigenvalue weighted by Gasteiger charge is 2.45. The first-order chi connectivity index (χ1) is 7.74. The van der Waals surface area contributed by atoms with Gasteiger partial charge in [-0.05, 0) is 11.1 Å². The highest BCUT2D eigenvalue weighted by atomic mass is 16.2. The van der Waals surface area contributed by atoms with E-state index in [1.54, 1.807) is 6.08 Å². The van der Waals surface area contributed by atoms with E-state index in [9.17, 15) is 14.4 Å². The molecule has 0 saturated carbocycles. The van der Waals surface area contributed by atoms with Crippen molar-refractivity contribution < 1.29 is 14.4 Å². The standard InChI is InChI=1S/C13H8O3/c14-6-7-5-10-8-3-1-2-4-9(8)11(7)13(16)12(10)15/h1-6,10-11H. The van der Waals surface area contributed by atoms with E-state index in [0.717, 1.165) is 11.1 Å². The van der Waals surface area contributed by atoms with Gasteiger partial charge < -0.3 is 0 Å². The minimum atomic E-state index is -0.661. The molecule has 0 saturated heterocycles. The lowest BCUT2D eigenvalue weighted by Crippen LogP contribution is -2.38. The van der Waals surface area contributed by atoms with Gasteiger partial charge in [0.05, 0.1) is 11.8 Å². The monoisotopic (exact) mass is 212 g/mol. The Morgan fingerprint density at radius 1 is 1.00 bits per heavy atom. The normalized spacial score (nSPS) is 26.4. The van der Waals surface area contributed by atoms with E-state index in [4.69, 9.17) is 0 Å².